The van der Waals surface area contributed by atoms with E-state index in [0.717, 1.165) is 10.0 Å². The Morgan fingerprint density at radius 1 is 1.29 bits per heavy atom. The second-order valence-electron chi connectivity index (χ2n) is 2.81. The van der Waals surface area contributed by atoms with E-state index in [1.165, 1.54) is 0 Å². The van der Waals surface area contributed by atoms with E-state index >= 15 is 0 Å². The molecule has 0 amide bonds. The van der Waals surface area contributed by atoms with Crippen LogP contribution in [0.1, 0.15) is 5.56 Å². The predicted octanol–water partition coefficient (Wildman–Crippen LogP) is 2.75. The molecule has 2 aromatic rings. The summed E-state index contributed by atoms with van der Waals surface area (Å²) in [5, 5.41) is 0. The summed E-state index contributed by atoms with van der Waals surface area (Å²) >= 11 is 3.38. The topological polar surface area (TPSA) is 37.9 Å². The smallest absolute Gasteiger partial charge is 0.293 e. The molecule has 2 rings (SSSR count). The first-order valence-corrected chi connectivity index (χ1v) is 5.00. The minimum Gasteiger partial charge on any atom is -0.460 e. The molecule has 0 fully saturated rings. The molecule has 1 aromatic heterocycles. The Labute approximate surface area is 90.3 Å². The van der Waals surface area contributed by atoms with Crippen molar-refractivity contribution in [1.82, 2.24) is 9.97 Å². The molecule has 1 heterocycles. The average molecular weight is 253 g/mol. The molecule has 0 bridgehead atoms. The molecule has 0 aliphatic rings. The van der Waals surface area contributed by atoms with Gasteiger partial charge in [0.1, 0.15) is 6.61 Å². The van der Waals surface area contributed by atoms with Crippen LogP contribution in [0.4, 0.5) is 0 Å². The number of H-pyrrole nitrogens is 1. The van der Waals surface area contributed by atoms with E-state index in [1.54, 1.807) is 12.4 Å². The van der Waals surface area contributed by atoms with Crippen LogP contribution in [0.2, 0.25) is 0 Å². The zero-order chi connectivity index (χ0) is 9.80. The summed E-state index contributed by atoms with van der Waals surface area (Å²) in [6, 6.07) is 8.54. The largest absolute Gasteiger partial charge is 0.460 e. The maximum atomic E-state index is 5.39. The molecule has 0 unspecified atom stereocenters. The second kappa shape index (κ2) is 4.28. The van der Waals surface area contributed by atoms with Crippen LogP contribution in [0, 0.1) is 0 Å². The monoisotopic (exact) mass is 252 g/mol. The first kappa shape index (κ1) is 9.27. The molecule has 4 heteroatoms. The maximum Gasteiger partial charge on any atom is 0.293 e. The van der Waals surface area contributed by atoms with E-state index in [2.05, 4.69) is 25.9 Å². The maximum absolute atomic E-state index is 5.39. The Morgan fingerprint density at radius 2 is 2.07 bits per heavy atom. The zero-order valence-corrected chi connectivity index (χ0v) is 8.99. The van der Waals surface area contributed by atoms with Gasteiger partial charge in [-0.1, -0.05) is 28.1 Å². The number of benzene rings is 1. The van der Waals surface area contributed by atoms with Gasteiger partial charge in [-0.2, -0.15) is 0 Å². The van der Waals surface area contributed by atoms with Crippen LogP contribution in [0.25, 0.3) is 0 Å². The van der Waals surface area contributed by atoms with Gasteiger partial charge in [-0.3, -0.25) is 0 Å². The summed E-state index contributed by atoms with van der Waals surface area (Å²) in [5.41, 5.74) is 1.12. The van der Waals surface area contributed by atoms with Crippen molar-refractivity contribution in [2.24, 2.45) is 0 Å². The van der Waals surface area contributed by atoms with Gasteiger partial charge >= 0.3 is 0 Å². The van der Waals surface area contributed by atoms with Gasteiger partial charge in [0.25, 0.3) is 6.01 Å². The average Bonchev–Trinajstić information content (AvgIpc) is 2.70. The predicted molar refractivity (Wildman–Crippen MR) is 57.1 cm³/mol. The van der Waals surface area contributed by atoms with E-state index in [1.807, 2.05) is 24.3 Å². The molecule has 3 nitrogen and oxygen atoms in total. The minimum absolute atomic E-state index is 0.529. The Bertz CT molecular complexity index is 383. The van der Waals surface area contributed by atoms with Gasteiger partial charge in [-0.05, 0) is 17.7 Å². The lowest BCUT2D eigenvalue weighted by atomic mass is 10.2. The summed E-state index contributed by atoms with van der Waals surface area (Å²) in [6.45, 7) is 0.529. The number of nitrogens with one attached hydrogen (secondary N) is 1. The molecule has 0 saturated carbocycles. The van der Waals surface area contributed by atoms with Crippen LogP contribution in [0.3, 0.4) is 0 Å². The number of imidazole rings is 1. The SMILES string of the molecule is Brc1ccc(COc2ncc[nH]2)cc1. The van der Waals surface area contributed by atoms with E-state index in [4.69, 9.17) is 4.74 Å². The zero-order valence-electron chi connectivity index (χ0n) is 7.40. The summed E-state index contributed by atoms with van der Waals surface area (Å²) in [6.07, 6.45) is 3.40. The van der Waals surface area contributed by atoms with Gasteiger partial charge < -0.3 is 9.72 Å². The molecule has 0 aliphatic heterocycles. The van der Waals surface area contributed by atoms with E-state index in [9.17, 15) is 0 Å². The highest BCUT2D eigenvalue weighted by Gasteiger charge is 1.96. The van der Waals surface area contributed by atoms with Gasteiger partial charge in [0.05, 0.1) is 0 Å². The highest BCUT2D eigenvalue weighted by Crippen LogP contribution is 2.11. The number of ether oxygens (including phenoxy) is 1. The molecule has 1 N–H and O–H groups in total. The third kappa shape index (κ3) is 2.35. The highest BCUT2D eigenvalue weighted by atomic mass is 79.9. The minimum atomic E-state index is 0.529. The van der Waals surface area contributed by atoms with Crippen LogP contribution >= 0.6 is 15.9 Å². The molecule has 72 valence electrons. The molecule has 1 aromatic carbocycles. The molecule has 0 spiro atoms. The van der Waals surface area contributed by atoms with Crippen molar-refractivity contribution in [3.63, 3.8) is 0 Å². The van der Waals surface area contributed by atoms with Gasteiger partial charge in [-0.15, -0.1) is 0 Å². The summed E-state index contributed by atoms with van der Waals surface area (Å²) < 4.78 is 6.46. The Morgan fingerprint density at radius 3 is 2.71 bits per heavy atom. The van der Waals surface area contributed by atoms with Crippen LogP contribution in [-0.2, 0) is 6.61 Å². The van der Waals surface area contributed by atoms with E-state index < -0.39 is 0 Å². The van der Waals surface area contributed by atoms with Crippen molar-refractivity contribution >= 4 is 15.9 Å². The molecule has 0 saturated heterocycles. The second-order valence-corrected chi connectivity index (χ2v) is 3.73. The van der Waals surface area contributed by atoms with Crippen molar-refractivity contribution in [3.8, 4) is 6.01 Å². The highest BCUT2D eigenvalue weighted by molar-refractivity contribution is 9.10. The Kier molecular flexibility index (Phi) is 2.84. The summed E-state index contributed by atoms with van der Waals surface area (Å²) in [7, 11) is 0. The fourth-order valence-corrected chi connectivity index (χ4v) is 1.33. The van der Waals surface area contributed by atoms with Crippen LogP contribution < -0.4 is 4.74 Å². The number of hydrogen-bond acceptors (Lipinski definition) is 2. The summed E-state index contributed by atoms with van der Waals surface area (Å²) in [4.78, 5) is 6.84. The third-order valence-electron chi connectivity index (χ3n) is 1.76. The molecule has 0 aliphatic carbocycles. The lowest BCUT2D eigenvalue weighted by molar-refractivity contribution is 0.283. The van der Waals surface area contributed by atoms with Crippen molar-refractivity contribution in [2.75, 3.05) is 0 Å². The molecular formula is C10H9BrN2O. The quantitative estimate of drug-likeness (QED) is 0.913. The Balaban J connectivity index is 1.95. The third-order valence-corrected chi connectivity index (χ3v) is 2.29. The fourth-order valence-electron chi connectivity index (χ4n) is 1.06. The van der Waals surface area contributed by atoms with E-state index in [-0.39, 0.29) is 0 Å². The molecule has 14 heavy (non-hydrogen) atoms. The lowest BCUT2D eigenvalue weighted by Gasteiger charge is -2.02. The van der Waals surface area contributed by atoms with Gasteiger partial charge in [0.2, 0.25) is 0 Å². The fraction of sp³-hybridized carbons (Fsp3) is 0.100. The van der Waals surface area contributed by atoms with Crippen molar-refractivity contribution < 1.29 is 4.74 Å². The number of aromatic amines is 1. The number of aromatic nitrogens is 2. The number of hydrogen-bond donors (Lipinski definition) is 1. The van der Waals surface area contributed by atoms with E-state index in [0.29, 0.717) is 12.6 Å². The van der Waals surface area contributed by atoms with Crippen LogP contribution in [0.15, 0.2) is 41.1 Å². The van der Waals surface area contributed by atoms with Crippen LogP contribution in [-0.4, -0.2) is 9.97 Å². The molecular weight excluding hydrogens is 244 g/mol. The first-order chi connectivity index (χ1) is 6.84. The van der Waals surface area contributed by atoms with Gasteiger partial charge in [-0.25, -0.2) is 4.98 Å². The number of halogens is 1. The summed E-state index contributed by atoms with van der Waals surface area (Å²) in [5.74, 6) is 0. The normalized spacial score (nSPS) is 10.1. The first-order valence-electron chi connectivity index (χ1n) is 4.21. The number of rotatable bonds is 3. The van der Waals surface area contributed by atoms with Crippen LogP contribution in [0.5, 0.6) is 6.01 Å². The van der Waals surface area contributed by atoms with Crippen molar-refractivity contribution in [1.29, 1.82) is 0 Å². The van der Waals surface area contributed by atoms with Gasteiger partial charge in [0.15, 0.2) is 0 Å². The van der Waals surface area contributed by atoms with Gasteiger partial charge in [0, 0.05) is 16.9 Å². The standard InChI is InChI=1S/C10H9BrN2O/c11-9-3-1-8(2-4-9)7-14-10-12-5-6-13-10/h1-6H,7H2,(H,12,13). The van der Waals surface area contributed by atoms with Crippen molar-refractivity contribution in [2.45, 2.75) is 6.61 Å². The lowest BCUT2D eigenvalue weighted by Crippen LogP contribution is -1.96. The van der Waals surface area contributed by atoms with Crippen molar-refractivity contribution in [3.05, 3.63) is 46.7 Å². The molecule has 0 radical (unpaired) electrons. The number of nitrogens with zero attached hydrogens (tertiary/aromatic N) is 1. The molecule has 0 atom stereocenters. The Hall–Kier alpha value is -1.29.